The van der Waals surface area contributed by atoms with Crippen molar-refractivity contribution < 1.29 is 19.1 Å². The van der Waals surface area contributed by atoms with E-state index in [9.17, 15) is 14.4 Å². The van der Waals surface area contributed by atoms with Crippen LogP contribution in [0.2, 0.25) is 0 Å². The molecule has 0 aliphatic heterocycles. The number of benzene rings is 3. The standard InChI is InChI=1S/C34H41N3O4/c1-9-23(5)37(32(39)29(22(3)4)36-33(40)41-34(6,7)8)30(26-17-15-24(10-2)16-18-26)31(38)35-28-20-19-25-13-11-12-14-27(25)21-28/h2,11-23,29-30H,9H2,1,3-8H3,(H,35,38)(H,36,40). The van der Waals surface area contributed by atoms with Crippen molar-refractivity contribution in [2.75, 3.05) is 5.32 Å². The average Bonchev–Trinajstić information content (AvgIpc) is 2.92. The summed E-state index contributed by atoms with van der Waals surface area (Å²) in [4.78, 5) is 42.7. The maximum absolute atomic E-state index is 14.3. The van der Waals surface area contributed by atoms with Gasteiger partial charge in [-0.05, 0) is 80.6 Å². The molecule has 7 heteroatoms. The first-order chi connectivity index (χ1) is 19.3. The monoisotopic (exact) mass is 555 g/mol. The number of alkyl carbamates (subject to hydrolysis) is 1. The van der Waals surface area contributed by atoms with Crippen LogP contribution in [0.25, 0.3) is 10.8 Å². The maximum atomic E-state index is 14.3. The van der Waals surface area contributed by atoms with Crippen molar-refractivity contribution in [3.05, 3.63) is 77.9 Å². The van der Waals surface area contributed by atoms with Crippen LogP contribution in [0.15, 0.2) is 66.7 Å². The number of carbonyl (C=O) groups is 3. The molecular weight excluding hydrogens is 514 g/mol. The first-order valence-corrected chi connectivity index (χ1v) is 14.0. The number of terminal acetylenes is 1. The van der Waals surface area contributed by atoms with Crippen LogP contribution in [0, 0.1) is 18.3 Å². The Labute approximate surface area is 243 Å². The van der Waals surface area contributed by atoms with Gasteiger partial charge < -0.3 is 20.3 Å². The molecule has 0 radical (unpaired) electrons. The van der Waals surface area contributed by atoms with Gasteiger partial charge in [0.2, 0.25) is 5.91 Å². The Kier molecular flexibility index (Phi) is 10.2. The second-order valence-electron chi connectivity index (χ2n) is 11.6. The molecule has 0 heterocycles. The number of carbonyl (C=O) groups excluding carboxylic acids is 3. The molecule has 216 valence electrons. The molecule has 41 heavy (non-hydrogen) atoms. The van der Waals surface area contributed by atoms with Crippen LogP contribution in [-0.4, -0.2) is 40.5 Å². The summed E-state index contributed by atoms with van der Waals surface area (Å²) >= 11 is 0. The van der Waals surface area contributed by atoms with Crippen LogP contribution in [0.5, 0.6) is 0 Å². The van der Waals surface area contributed by atoms with Crippen molar-refractivity contribution in [1.82, 2.24) is 10.2 Å². The van der Waals surface area contributed by atoms with E-state index in [0.29, 0.717) is 23.2 Å². The van der Waals surface area contributed by atoms with Gasteiger partial charge >= 0.3 is 6.09 Å². The lowest BCUT2D eigenvalue weighted by Crippen LogP contribution is -2.56. The quantitative estimate of drug-likeness (QED) is 0.289. The van der Waals surface area contributed by atoms with E-state index in [-0.39, 0.29) is 23.8 Å². The zero-order valence-corrected chi connectivity index (χ0v) is 25.0. The second kappa shape index (κ2) is 13.4. The molecule has 7 nitrogen and oxygen atoms in total. The predicted octanol–water partition coefficient (Wildman–Crippen LogP) is 6.68. The van der Waals surface area contributed by atoms with Crippen molar-refractivity contribution in [2.45, 2.75) is 78.6 Å². The Bertz CT molecular complexity index is 1420. The van der Waals surface area contributed by atoms with E-state index in [1.54, 1.807) is 49.9 Å². The molecule has 2 N–H and O–H groups in total. The molecule has 3 unspecified atom stereocenters. The van der Waals surface area contributed by atoms with Crippen molar-refractivity contribution in [1.29, 1.82) is 0 Å². The number of amides is 3. The third-order valence-corrected chi connectivity index (χ3v) is 6.86. The molecule has 0 aromatic heterocycles. The van der Waals surface area contributed by atoms with Gasteiger partial charge in [-0.25, -0.2) is 4.79 Å². The molecular formula is C34H41N3O4. The Morgan fingerprint density at radius 1 is 0.951 bits per heavy atom. The van der Waals surface area contributed by atoms with E-state index in [2.05, 4.69) is 16.6 Å². The Morgan fingerprint density at radius 3 is 2.15 bits per heavy atom. The van der Waals surface area contributed by atoms with Gasteiger partial charge in [-0.2, -0.15) is 0 Å². The van der Waals surface area contributed by atoms with Crippen LogP contribution in [0.1, 0.15) is 72.1 Å². The highest BCUT2D eigenvalue weighted by Crippen LogP contribution is 2.29. The summed E-state index contributed by atoms with van der Waals surface area (Å²) in [5, 5.41) is 7.82. The van der Waals surface area contributed by atoms with E-state index >= 15 is 0 Å². The number of hydrogen-bond donors (Lipinski definition) is 2. The van der Waals surface area contributed by atoms with Crippen LogP contribution >= 0.6 is 0 Å². The zero-order chi connectivity index (χ0) is 30.3. The fourth-order valence-corrected chi connectivity index (χ4v) is 4.58. The Morgan fingerprint density at radius 2 is 1.59 bits per heavy atom. The van der Waals surface area contributed by atoms with Gasteiger partial charge in [0, 0.05) is 17.3 Å². The lowest BCUT2D eigenvalue weighted by molar-refractivity contribution is -0.144. The van der Waals surface area contributed by atoms with Crippen LogP contribution in [0.3, 0.4) is 0 Å². The van der Waals surface area contributed by atoms with E-state index in [1.807, 2.05) is 70.2 Å². The molecule has 0 bridgehead atoms. The predicted molar refractivity (Wildman–Crippen MR) is 164 cm³/mol. The average molecular weight is 556 g/mol. The summed E-state index contributed by atoms with van der Waals surface area (Å²) in [6.07, 6.45) is 5.48. The summed E-state index contributed by atoms with van der Waals surface area (Å²) in [6, 6.07) is 18.4. The van der Waals surface area contributed by atoms with Crippen molar-refractivity contribution in [3.63, 3.8) is 0 Å². The molecule has 0 saturated carbocycles. The zero-order valence-electron chi connectivity index (χ0n) is 25.0. The Hall–Kier alpha value is -4.31. The molecule has 0 fully saturated rings. The topological polar surface area (TPSA) is 87.7 Å². The van der Waals surface area contributed by atoms with Crippen LogP contribution in [0.4, 0.5) is 10.5 Å². The minimum atomic E-state index is -0.988. The molecule has 0 spiro atoms. The largest absolute Gasteiger partial charge is 0.444 e. The highest BCUT2D eigenvalue weighted by molar-refractivity contribution is 6.00. The summed E-state index contributed by atoms with van der Waals surface area (Å²) in [7, 11) is 0. The maximum Gasteiger partial charge on any atom is 0.408 e. The molecule has 0 saturated heterocycles. The SMILES string of the molecule is C#Cc1ccc(C(C(=O)Nc2ccc3ccccc3c2)N(C(=O)C(NC(=O)OC(C)(C)C)C(C)C)C(C)CC)cc1. The fraction of sp³-hybridized carbons (Fsp3) is 0.382. The van der Waals surface area contributed by atoms with Crippen molar-refractivity contribution in [2.24, 2.45) is 5.92 Å². The number of ether oxygens (including phenoxy) is 1. The van der Waals surface area contributed by atoms with Gasteiger partial charge in [0.1, 0.15) is 17.7 Å². The molecule has 3 atom stereocenters. The van der Waals surface area contributed by atoms with Gasteiger partial charge in [-0.1, -0.05) is 69.2 Å². The number of hydrogen-bond acceptors (Lipinski definition) is 4. The first-order valence-electron chi connectivity index (χ1n) is 14.0. The van der Waals surface area contributed by atoms with E-state index in [4.69, 9.17) is 11.2 Å². The second-order valence-corrected chi connectivity index (χ2v) is 11.6. The summed E-state index contributed by atoms with van der Waals surface area (Å²) in [5.74, 6) is 1.58. The molecule has 3 amide bonds. The van der Waals surface area contributed by atoms with Crippen LogP contribution in [-0.2, 0) is 14.3 Å². The third-order valence-electron chi connectivity index (χ3n) is 6.86. The normalized spacial score (nSPS) is 13.5. The van der Waals surface area contributed by atoms with Crippen LogP contribution < -0.4 is 10.6 Å². The van der Waals surface area contributed by atoms with Crippen molar-refractivity contribution >= 4 is 34.4 Å². The minimum absolute atomic E-state index is 0.269. The lowest BCUT2D eigenvalue weighted by atomic mass is 9.96. The summed E-state index contributed by atoms with van der Waals surface area (Å²) in [5.41, 5.74) is 1.15. The first kappa shape index (κ1) is 31.2. The third kappa shape index (κ3) is 8.11. The van der Waals surface area contributed by atoms with Gasteiger partial charge in [-0.3, -0.25) is 9.59 Å². The van der Waals surface area contributed by atoms with Gasteiger partial charge in [-0.15, -0.1) is 6.42 Å². The number of rotatable bonds is 9. The van der Waals surface area contributed by atoms with Gasteiger partial charge in [0.15, 0.2) is 0 Å². The summed E-state index contributed by atoms with van der Waals surface area (Å²) in [6.45, 7) is 12.8. The Balaban J connectivity index is 2.06. The molecule has 3 aromatic carbocycles. The summed E-state index contributed by atoms with van der Waals surface area (Å²) < 4.78 is 5.45. The minimum Gasteiger partial charge on any atom is -0.444 e. The number of fused-ring (bicyclic) bond motifs is 1. The lowest BCUT2D eigenvalue weighted by Gasteiger charge is -2.39. The van der Waals surface area contributed by atoms with E-state index in [1.165, 1.54) is 0 Å². The van der Waals surface area contributed by atoms with Crippen molar-refractivity contribution in [3.8, 4) is 12.3 Å². The number of nitrogens with one attached hydrogen (secondary N) is 2. The highest BCUT2D eigenvalue weighted by Gasteiger charge is 2.39. The molecule has 3 aromatic rings. The smallest absolute Gasteiger partial charge is 0.408 e. The van der Waals surface area contributed by atoms with Gasteiger partial charge in [0.25, 0.3) is 5.91 Å². The van der Waals surface area contributed by atoms with E-state index < -0.39 is 23.8 Å². The molecule has 0 aliphatic carbocycles. The molecule has 0 aliphatic rings. The fourth-order valence-electron chi connectivity index (χ4n) is 4.58. The van der Waals surface area contributed by atoms with Gasteiger partial charge in [0.05, 0.1) is 0 Å². The number of anilines is 1. The highest BCUT2D eigenvalue weighted by atomic mass is 16.6. The molecule has 3 rings (SSSR count). The van der Waals surface area contributed by atoms with E-state index in [0.717, 1.165) is 10.8 Å². The number of nitrogens with zero attached hydrogens (tertiary/aromatic N) is 1.